The molecule has 0 aliphatic carbocycles. The summed E-state index contributed by atoms with van der Waals surface area (Å²) in [6.45, 7) is -0.467. The molecule has 13 heavy (non-hydrogen) atoms. The van der Waals surface area contributed by atoms with Gasteiger partial charge in [0.05, 0.1) is 13.7 Å². The molecule has 0 aromatic heterocycles. The first-order valence-corrected chi connectivity index (χ1v) is 3.83. The van der Waals surface area contributed by atoms with Gasteiger partial charge >= 0.3 is 0 Å². The molecule has 1 saturated heterocycles. The van der Waals surface area contributed by atoms with Crippen molar-refractivity contribution in [1.29, 1.82) is 0 Å². The van der Waals surface area contributed by atoms with E-state index < -0.39 is 37.3 Å². The molecule has 0 saturated carbocycles. The maximum atomic E-state index is 9.25. The Bertz CT molecular complexity index is 143. The Morgan fingerprint density at radius 2 is 1.77 bits per heavy atom. The molecule has 1 radical (unpaired) electrons. The SMILES string of the molecule is [CH2]OC1O[C@H](CO)[C@@H](O)[C@H](O)[C@H]1O. The van der Waals surface area contributed by atoms with E-state index in [4.69, 9.17) is 9.84 Å². The molecule has 0 bridgehead atoms. The first-order chi connectivity index (χ1) is 6.11. The molecule has 1 unspecified atom stereocenters. The van der Waals surface area contributed by atoms with E-state index in [0.717, 1.165) is 0 Å². The molecule has 1 fully saturated rings. The van der Waals surface area contributed by atoms with Gasteiger partial charge in [-0.15, -0.1) is 0 Å². The van der Waals surface area contributed by atoms with Crippen molar-refractivity contribution < 1.29 is 29.9 Å². The molecule has 0 aromatic rings. The molecule has 1 rings (SSSR count). The Morgan fingerprint density at radius 1 is 1.15 bits per heavy atom. The van der Waals surface area contributed by atoms with Gasteiger partial charge in [-0.3, -0.25) is 0 Å². The fourth-order valence-corrected chi connectivity index (χ4v) is 1.21. The maximum Gasteiger partial charge on any atom is 0.186 e. The van der Waals surface area contributed by atoms with Gasteiger partial charge in [-0.2, -0.15) is 0 Å². The van der Waals surface area contributed by atoms with Gasteiger partial charge in [0.2, 0.25) is 0 Å². The van der Waals surface area contributed by atoms with Gasteiger partial charge in [0.1, 0.15) is 24.4 Å². The van der Waals surface area contributed by atoms with E-state index in [0.29, 0.717) is 0 Å². The molecular formula is C7H13O6. The highest BCUT2D eigenvalue weighted by Crippen LogP contribution is 2.21. The van der Waals surface area contributed by atoms with E-state index >= 15 is 0 Å². The second-order valence-electron chi connectivity index (χ2n) is 2.86. The highest BCUT2D eigenvalue weighted by molar-refractivity contribution is 4.88. The van der Waals surface area contributed by atoms with Crippen molar-refractivity contribution in [3.8, 4) is 0 Å². The fourth-order valence-electron chi connectivity index (χ4n) is 1.21. The molecule has 0 amide bonds. The predicted molar refractivity (Wildman–Crippen MR) is 40.2 cm³/mol. The first-order valence-electron chi connectivity index (χ1n) is 3.83. The molecule has 4 N–H and O–H groups in total. The zero-order chi connectivity index (χ0) is 10.0. The van der Waals surface area contributed by atoms with Crippen molar-refractivity contribution in [1.82, 2.24) is 0 Å². The van der Waals surface area contributed by atoms with Crippen LogP contribution >= 0.6 is 0 Å². The summed E-state index contributed by atoms with van der Waals surface area (Å²) in [5.41, 5.74) is 0. The van der Waals surface area contributed by atoms with Gasteiger partial charge in [0.25, 0.3) is 0 Å². The summed E-state index contributed by atoms with van der Waals surface area (Å²) in [7, 11) is 3.03. The summed E-state index contributed by atoms with van der Waals surface area (Å²) in [6.07, 6.45) is -6.19. The lowest BCUT2D eigenvalue weighted by atomic mass is 9.99. The molecule has 1 heterocycles. The summed E-state index contributed by atoms with van der Waals surface area (Å²) in [4.78, 5) is 0. The van der Waals surface area contributed by atoms with Gasteiger partial charge in [0.15, 0.2) is 6.29 Å². The largest absolute Gasteiger partial charge is 0.394 e. The molecule has 6 nitrogen and oxygen atoms in total. The zero-order valence-corrected chi connectivity index (χ0v) is 6.91. The fraction of sp³-hybridized carbons (Fsp3) is 0.857. The van der Waals surface area contributed by atoms with Crippen LogP contribution in [0.2, 0.25) is 0 Å². The van der Waals surface area contributed by atoms with Crippen LogP contribution in [0.5, 0.6) is 0 Å². The van der Waals surface area contributed by atoms with Crippen molar-refractivity contribution in [3.63, 3.8) is 0 Å². The third-order valence-corrected chi connectivity index (χ3v) is 2.01. The van der Waals surface area contributed by atoms with Crippen LogP contribution in [0, 0.1) is 7.11 Å². The lowest BCUT2D eigenvalue weighted by molar-refractivity contribution is -0.289. The van der Waals surface area contributed by atoms with Crippen LogP contribution in [0.25, 0.3) is 0 Å². The summed E-state index contributed by atoms with van der Waals surface area (Å²) >= 11 is 0. The summed E-state index contributed by atoms with van der Waals surface area (Å²) < 4.78 is 9.33. The summed E-state index contributed by atoms with van der Waals surface area (Å²) in [5.74, 6) is 0. The highest BCUT2D eigenvalue weighted by atomic mass is 16.7. The maximum absolute atomic E-state index is 9.25. The minimum Gasteiger partial charge on any atom is -0.394 e. The standard InChI is InChI=1S/C7H13O6/c1-12-7-6(11)5(10)4(9)3(2-8)13-7/h3-11H,1-2H2/t3-,4-,5+,6-,7?/m1/s1. The Kier molecular flexibility index (Phi) is 3.60. The smallest absolute Gasteiger partial charge is 0.186 e. The molecule has 5 atom stereocenters. The second-order valence-corrected chi connectivity index (χ2v) is 2.86. The normalized spacial score (nSPS) is 46.4. The lowest BCUT2D eigenvalue weighted by Crippen LogP contribution is -2.58. The number of ether oxygens (including phenoxy) is 2. The number of hydrogen-bond donors (Lipinski definition) is 4. The zero-order valence-electron chi connectivity index (χ0n) is 6.91. The van der Waals surface area contributed by atoms with Crippen LogP contribution in [-0.2, 0) is 9.47 Å². The highest BCUT2D eigenvalue weighted by Gasteiger charge is 2.43. The first kappa shape index (κ1) is 10.8. The van der Waals surface area contributed by atoms with E-state index in [1.807, 2.05) is 0 Å². The van der Waals surface area contributed by atoms with E-state index in [1.54, 1.807) is 0 Å². The van der Waals surface area contributed by atoms with Gasteiger partial charge in [-0.05, 0) is 0 Å². The number of aliphatic hydroxyl groups is 4. The molecule has 1 aliphatic rings. The minimum absolute atomic E-state index is 0.467. The van der Waals surface area contributed by atoms with Crippen LogP contribution in [-0.4, -0.2) is 57.7 Å². The van der Waals surface area contributed by atoms with E-state index in [-0.39, 0.29) is 0 Å². The van der Waals surface area contributed by atoms with Gasteiger partial charge in [-0.1, -0.05) is 0 Å². The number of aliphatic hydroxyl groups excluding tert-OH is 4. The second kappa shape index (κ2) is 4.32. The van der Waals surface area contributed by atoms with Crippen molar-refractivity contribution in [3.05, 3.63) is 7.11 Å². The van der Waals surface area contributed by atoms with Crippen molar-refractivity contribution in [2.45, 2.75) is 30.7 Å². The number of hydrogen-bond acceptors (Lipinski definition) is 6. The number of rotatable bonds is 2. The van der Waals surface area contributed by atoms with Crippen molar-refractivity contribution in [2.24, 2.45) is 0 Å². The summed E-state index contributed by atoms with van der Waals surface area (Å²) in [6, 6.07) is 0. The van der Waals surface area contributed by atoms with Crippen LogP contribution in [0.4, 0.5) is 0 Å². The molecule has 6 heteroatoms. The predicted octanol–water partition coefficient (Wildman–Crippen LogP) is -2.41. The van der Waals surface area contributed by atoms with E-state index in [9.17, 15) is 15.3 Å². The van der Waals surface area contributed by atoms with Crippen LogP contribution < -0.4 is 0 Å². The molecular weight excluding hydrogens is 180 g/mol. The van der Waals surface area contributed by atoms with Gasteiger partial charge in [-0.25, -0.2) is 0 Å². The average Bonchev–Trinajstić information content (AvgIpc) is 2.15. The van der Waals surface area contributed by atoms with E-state index in [1.165, 1.54) is 0 Å². The Hall–Kier alpha value is -0.240. The molecule has 0 spiro atoms. The molecule has 77 valence electrons. The summed E-state index contributed by atoms with van der Waals surface area (Å²) in [5, 5.41) is 36.5. The Labute approximate surface area is 75.3 Å². The van der Waals surface area contributed by atoms with Crippen molar-refractivity contribution in [2.75, 3.05) is 6.61 Å². The van der Waals surface area contributed by atoms with Gasteiger partial charge in [0, 0.05) is 0 Å². The average molecular weight is 193 g/mol. The van der Waals surface area contributed by atoms with Crippen LogP contribution in [0.3, 0.4) is 0 Å². The third kappa shape index (κ3) is 1.98. The topological polar surface area (TPSA) is 99.4 Å². The quantitative estimate of drug-likeness (QED) is 0.390. The molecule has 0 aromatic carbocycles. The third-order valence-electron chi connectivity index (χ3n) is 2.01. The lowest BCUT2D eigenvalue weighted by Gasteiger charge is -2.38. The molecule has 1 aliphatic heterocycles. The van der Waals surface area contributed by atoms with Crippen molar-refractivity contribution >= 4 is 0 Å². The Balaban J connectivity index is 2.66. The van der Waals surface area contributed by atoms with Crippen LogP contribution in [0.15, 0.2) is 0 Å². The Morgan fingerprint density at radius 3 is 2.23 bits per heavy atom. The van der Waals surface area contributed by atoms with Gasteiger partial charge < -0.3 is 29.9 Å². The minimum atomic E-state index is -1.40. The monoisotopic (exact) mass is 193 g/mol. The van der Waals surface area contributed by atoms with E-state index in [2.05, 4.69) is 11.8 Å². The van der Waals surface area contributed by atoms with Crippen LogP contribution in [0.1, 0.15) is 0 Å².